The number of ether oxygens (including phenoxy) is 1. The summed E-state index contributed by atoms with van der Waals surface area (Å²) in [5, 5.41) is 0. The van der Waals surface area contributed by atoms with Crippen molar-refractivity contribution < 1.29 is 13.5 Å². The Kier molecular flexibility index (Phi) is 4.14. The van der Waals surface area contributed by atoms with Gasteiger partial charge in [-0.05, 0) is 18.9 Å². The first-order chi connectivity index (χ1) is 8.67. The summed E-state index contributed by atoms with van der Waals surface area (Å²) < 4.78 is 32.9. The zero-order valence-electron chi connectivity index (χ0n) is 10.5. The second kappa shape index (κ2) is 5.63. The lowest BCUT2D eigenvalue weighted by atomic mass is 10.1. The van der Waals surface area contributed by atoms with Crippen molar-refractivity contribution in [1.82, 2.24) is 0 Å². The van der Waals surface area contributed by atoms with Crippen LogP contribution in [0.5, 0.6) is 0 Å². The van der Waals surface area contributed by atoms with E-state index in [9.17, 15) is 8.78 Å². The van der Waals surface area contributed by atoms with E-state index in [1.54, 1.807) is 19.2 Å². The molecule has 2 rings (SSSR count). The summed E-state index contributed by atoms with van der Waals surface area (Å²) in [4.78, 5) is 1.83. The van der Waals surface area contributed by atoms with Crippen LogP contribution in [0.4, 0.5) is 14.5 Å². The number of nitrogens with zero attached hydrogens (tertiary/aromatic N) is 1. The van der Waals surface area contributed by atoms with Crippen LogP contribution in [0.15, 0.2) is 12.1 Å². The molecule has 2 N–H and O–H groups in total. The lowest BCUT2D eigenvalue weighted by Gasteiger charge is -2.34. The number of methoxy groups -OCH3 is 1. The molecule has 1 saturated heterocycles. The lowest BCUT2D eigenvalue weighted by molar-refractivity contribution is 0.0891. The highest BCUT2D eigenvalue weighted by Crippen LogP contribution is 2.27. The summed E-state index contributed by atoms with van der Waals surface area (Å²) in [5.41, 5.74) is 5.85. The lowest BCUT2D eigenvalue weighted by Crippen LogP contribution is -2.39. The van der Waals surface area contributed by atoms with E-state index < -0.39 is 11.6 Å². The predicted molar refractivity (Wildman–Crippen MR) is 66.5 cm³/mol. The Balaban J connectivity index is 2.25. The molecule has 0 saturated carbocycles. The van der Waals surface area contributed by atoms with Crippen LogP contribution in [0.3, 0.4) is 0 Å². The molecule has 1 aliphatic rings. The summed E-state index contributed by atoms with van der Waals surface area (Å²) in [5.74, 6) is -1.65. The van der Waals surface area contributed by atoms with Crippen molar-refractivity contribution in [3.05, 3.63) is 29.3 Å². The largest absolute Gasteiger partial charge is 0.380 e. The minimum absolute atomic E-state index is 0.00370. The van der Waals surface area contributed by atoms with E-state index in [1.807, 2.05) is 4.90 Å². The molecule has 0 aliphatic carbocycles. The molecule has 1 heterocycles. The number of hydrogen-bond donors (Lipinski definition) is 1. The maximum absolute atomic E-state index is 14.0. The van der Waals surface area contributed by atoms with Gasteiger partial charge in [0.25, 0.3) is 0 Å². The Hall–Kier alpha value is -1.20. The number of halogens is 2. The van der Waals surface area contributed by atoms with Crippen LogP contribution in [0.1, 0.15) is 18.4 Å². The van der Waals surface area contributed by atoms with Crippen LogP contribution in [-0.2, 0) is 11.3 Å². The minimum atomic E-state index is -0.838. The van der Waals surface area contributed by atoms with E-state index >= 15 is 0 Å². The molecule has 1 aromatic rings. The summed E-state index contributed by atoms with van der Waals surface area (Å²) in [7, 11) is 1.64. The Morgan fingerprint density at radius 2 is 2.17 bits per heavy atom. The SMILES string of the molecule is COC1CCCN(c2ccc(CN)c(F)c2F)C1. The number of anilines is 1. The fourth-order valence-corrected chi connectivity index (χ4v) is 2.33. The second-order valence-electron chi connectivity index (χ2n) is 4.52. The van der Waals surface area contributed by atoms with E-state index in [2.05, 4.69) is 0 Å². The molecule has 0 amide bonds. The molecular weight excluding hydrogens is 238 g/mol. The zero-order chi connectivity index (χ0) is 13.1. The first-order valence-electron chi connectivity index (χ1n) is 6.12. The average molecular weight is 256 g/mol. The van der Waals surface area contributed by atoms with E-state index in [-0.39, 0.29) is 18.2 Å². The van der Waals surface area contributed by atoms with Crippen molar-refractivity contribution in [3.63, 3.8) is 0 Å². The van der Waals surface area contributed by atoms with E-state index in [1.165, 1.54) is 0 Å². The molecule has 0 spiro atoms. The summed E-state index contributed by atoms with van der Waals surface area (Å²) >= 11 is 0. The van der Waals surface area contributed by atoms with E-state index in [0.29, 0.717) is 12.2 Å². The van der Waals surface area contributed by atoms with Crippen LogP contribution in [0.2, 0.25) is 0 Å². The summed E-state index contributed by atoms with van der Waals surface area (Å²) in [6.07, 6.45) is 1.95. The fraction of sp³-hybridized carbons (Fsp3) is 0.538. The van der Waals surface area contributed by atoms with Crippen molar-refractivity contribution in [3.8, 4) is 0 Å². The Morgan fingerprint density at radius 3 is 2.83 bits per heavy atom. The van der Waals surface area contributed by atoms with E-state index in [0.717, 1.165) is 19.4 Å². The Labute approximate surface area is 106 Å². The molecule has 1 aliphatic heterocycles. The van der Waals surface area contributed by atoms with Gasteiger partial charge in [0.15, 0.2) is 11.6 Å². The molecule has 0 bridgehead atoms. The third kappa shape index (κ3) is 2.47. The normalized spacial score (nSPS) is 20.2. The van der Waals surface area contributed by atoms with Gasteiger partial charge in [0.2, 0.25) is 0 Å². The van der Waals surface area contributed by atoms with Gasteiger partial charge < -0.3 is 15.4 Å². The molecule has 1 aromatic carbocycles. The van der Waals surface area contributed by atoms with Gasteiger partial charge >= 0.3 is 0 Å². The maximum Gasteiger partial charge on any atom is 0.182 e. The molecule has 100 valence electrons. The Morgan fingerprint density at radius 1 is 1.39 bits per heavy atom. The molecule has 5 heteroatoms. The van der Waals surface area contributed by atoms with Gasteiger partial charge in [0, 0.05) is 32.3 Å². The first kappa shape index (κ1) is 13.2. The molecule has 1 atom stereocenters. The molecule has 3 nitrogen and oxygen atoms in total. The van der Waals surface area contributed by atoms with Gasteiger partial charge in [-0.1, -0.05) is 6.07 Å². The predicted octanol–water partition coefficient (Wildman–Crippen LogP) is 2.04. The number of piperidine rings is 1. The van der Waals surface area contributed by atoms with Gasteiger partial charge in [-0.2, -0.15) is 0 Å². The molecular formula is C13H18F2N2O. The van der Waals surface area contributed by atoms with E-state index in [4.69, 9.17) is 10.5 Å². The molecule has 0 aromatic heterocycles. The number of nitrogens with two attached hydrogens (primary N) is 1. The molecule has 18 heavy (non-hydrogen) atoms. The van der Waals surface area contributed by atoms with Crippen molar-refractivity contribution in [2.24, 2.45) is 5.73 Å². The van der Waals surface area contributed by atoms with Crippen LogP contribution >= 0.6 is 0 Å². The standard InChI is InChI=1S/C13H18F2N2O/c1-18-10-3-2-6-17(8-10)11-5-4-9(7-16)12(14)13(11)15/h4-5,10H,2-3,6-8,16H2,1H3. The van der Waals surface area contributed by atoms with Crippen LogP contribution in [0, 0.1) is 11.6 Å². The van der Waals surface area contributed by atoms with Crippen molar-refractivity contribution in [1.29, 1.82) is 0 Å². The number of rotatable bonds is 3. The molecule has 1 fully saturated rings. The first-order valence-corrected chi connectivity index (χ1v) is 6.12. The summed E-state index contributed by atoms with van der Waals surface area (Å²) in [6.45, 7) is 1.32. The maximum atomic E-state index is 14.0. The third-order valence-corrected chi connectivity index (χ3v) is 3.41. The van der Waals surface area contributed by atoms with Crippen LogP contribution < -0.4 is 10.6 Å². The highest BCUT2D eigenvalue weighted by atomic mass is 19.2. The van der Waals surface area contributed by atoms with Gasteiger partial charge in [0.1, 0.15) is 0 Å². The van der Waals surface area contributed by atoms with Gasteiger partial charge in [-0.3, -0.25) is 0 Å². The van der Waals surface area contributed by atoms with Gasteiger partial charge in [0.05, 0.1) is 11.8 Å². The minimum Gasteiger partial charge on any atom is -0.380 e. The highest BCUT2D eigenvalue weighted by Gasteiger charge is 2.23. The van der Waals surface area contributed by atoms with Crippen molar-refractivity contribution >= 4 is 5.69 Å². The van der Waals surface area contributed by atoms with Crippen LogP contribution in [-0.4, -0.2) is 26.3 Å². The number of benzene rings is 1. The van der Waals surface area contributed by atoms with Gasteiger partial charge in [-0.15, -0.1) is 0 Å². The fourth-order valence-electron chi connectivity index (χ4n) is 2.33. The number of hydrogen-bond acceptors (Lipinski definition) is 3. The smallest absolute Gasteiger partial charge is 0.182 e. The van der Waals surface area contributed by atoms with Crippen LogP contribution in [0.25, 0.3) is 0 Å². The summed E-state index contributed by atoms with van der Waals surface area (Å²) in [6, 6.07) is 3.14. The highest BCUT2D eigenvalue weighted by molar-refractivity contribution is 5.50. The Bertz CT molecular complexity index is 426. The zero-order valence-corrected chi connectivity index (χ0v) is 10.5. The van der Waals surface area contributed by atoms with Crippen molar-refractivity contribution in [2.45, 2.75) is 25.5 Å². The topological polar surface area (TPSA) is 38.5 Å². The molecule has 0 radical (unpaired) electrons. The monoisotopic (exact) mass is 256 g/mol. The quantitative estimate of drug-likeness (QED) is 0.899. The van der Waals surface area contributed by atoms with Gasteiger partial charge in [-0.25, -0.2) is 8.78 Å². The average Bonchev–Trinajstić information content (AvgIpc) is 2.42. The van der Waals surface area contributed by atoms with Crippen molar-refractivity contribution in [2.75, 3.05) is 25.1 Å². The third-order valence-electron chi connectivity index (χ3n) is 3.41. The second-order valence-corrected chi connectivity index (χ2v) is 4.52. The molecule has 1 unspecified atom stereocenters.